The number of carbonyl (C=O) groups excluding carboxylic acids is 3. The quantitative estimate of drug-likeness (QED) is 0.527. The van der Waals surface area contributed by atoms with Crippen LogP contribution in [0.15, 0.2) is 78.9 Å². The van der Waals surface area contributed by atoms with Crippen molar-refractivity contribution in [3.05, 3.63) is 90.0 Å². The number of ether oxygens (including phenoxy) is 1. The Morgan fingerprint density at radius 2 is 1.22 bits per heavy atom. The Kier molecular flexibility index (Phi) is 7.74. The molecule has 0 unspecified atom stereocenters. The van der Waals surface area contributed by atoms with E-state index in [-0.39, 0.29) is 30.3 Å². The number of nitrogens with one attached hydrogen (secondary N) is 2. The fourth-order valence-electron chi connectivity index (χ4n) is 3.82. The van der Waals surface area contributed by atoms with Gasteiger partial charge >= 0.3 is 12.6 Å². The van der Waals surface area contributed by atoms with E-state index in [4.69, 9.17) is 0 Å². The summed E-state index contributed by atoms with van der Waals surface area (Å²) in [5, 5.41) is 5.42. The van der Waals surface area contributed by atoms with Gasteiger partial charge in [0.25, 0.3) is 11.8 Å². The van der Waals surface area contributed by atoms with Gasteiger partial charge in [-0.1, -0.05) is 30.3 Å². The molecule has 0 bridgehead atoms. The zero-order chi connectivity index (χ0) is 25.5. The summed E-state index contributed by atoms with van der Waals surface area (Å²) in [7, 11) is 0. The second-order valence-corrected chi connectivity index (χ2v) is 7.98. The average molecular weight is 494 g/mol. The van der Waals surface area contributed by atoms with Crippen LogP contribution in [-0.4, -0.2) is 60.4 Å². The number of alkyl halides is 2. The summed E-state index contributed by atoms with van der Waals surface area (Å²) in [6, 6.07) is 21.0. The predicted octanol–water partition coefficient (Wildman–Crippen LogP) is 4.53. The van der Waals surface area contributed by atoms with Crippen LogP contribution in [0.1, 0.15) is 20.7 Å². The Hall–Kier alpha value is -4.47. The second kappa shape index (κ2) is 11.3. The Balaban J connectivity index is 1.31. The molecule has 1 aliphatic rings. The van der Waals surface area contributed by atoms with E-state index in [0.717, 1.165) is 0 Å². The van der Waals surface area contributed by atoms with E-state index < -0.39 is 18.5 Å². The topological polar surface area (TPSA) is 91.0 Å². The normalized spacial score (nSPS) is 13.3. The van der Waals surface area contributed by atoms with Crippen molar-refractivity contribution < 1.29 is 27.9 Å². The largest absolute Gasteiger partial charge is 0.434 e. The molecule has 36 heavy (non-hydrogen) atoms. The number of benzene rings is 3. The van der Waals surface area contributed by atoms with Crippen molar-refractivity contribution in [3.63, 3.8) is 0 Å². The molecule has 10 heteroatoms. The number of para-hydroxylation sites is 2. The molecule has 1 saturated heterocycles. The molecule has 0 aromatic heterocycles. The smallest absolute Gasteiger partial charge is 0.387 e. The van der Waals surface area contributed by atoms with E-state index in [1.807, 2.05) is 18.2 Å². The summed E-state index contributed by atoms with van der Waals surface area (Å²) in [5.74, 6) is -0.812. The Morgan fingerprint density at radius 3 is 1.83 bits per heavy atom. The van der Waals surface area contributed by atoms with Crippen LogP contribution in [0.5, 0.6) is 5.75 Å². The van der Waals surface area contributed by atoms with Gasteiger partial charge in [-0.05, 0) is 48.5 Å². The second-order valence-electron chi connectivity index (χ2n) is 7.98. The van der Waals surface area contributed by atoms with Gasteiger partial charge in [0.15, 0.2) is 0 Å². The first-order valence-corrected chi connectivity index (χ1v) is 11.3. The minimum Gasteiger partial charge on any atom is -0.434 e. The van der Waals surface area contributed by atoms with E-state index in [1.54, 1.807) is 47.4 Å². The summed E-state index contributed by atoms with van der Waals surface area (Å²) in [5.41, 5.74) is 1.68. The molecular weight excluding hydrogens is 470 g/mol. The van der Waals surface area contributed by atoms with Gasteiger partial charge < -0.3 is 25.2 Å². The van der Waals surface area contributed by atoms with Crippen LogP contribution in [-0.2, 0) is 0 Å². The number of halogens is 2. The van der Waals surface area contributed by atoms with Gasteiger partial charge in [0, 0.05) is 43.1 Å². The highest BCUT2D eigenvalue weighted by atomic mass is 19.3. The summed E-state index contributed by atoms with van der Waals surface area (Å²) < 4.78 is 29.8. The fraction of sp³-hybridized carbons (Fsp3) is 0.192. The van der Waals surface area contributed by atoms with Crippen LogP contribution in [0.2, 0.25) is 0 Å². The molecule has 8 nitrogen and oxygen atoms in total. The lowest BCUT2D eigenvalue weighted by Gasteiger charge is -2.35. The standard InChI is InChI=1S/C26H24F2N4O4/c27-25(28)36-22-9-5-4-8-21(22)24(34)32-16-14-31(15-17-32)23(33)18-10-12-20(13-11-18)30-26(35)29-19-6-2-1-3-7-19/h1-13,25H,14-17H2,(H2,29,30,35). The van der Waals surface area contributed by atoms with Gasteiger partial charge in [0.1, 0.15) is 5.75 Å². The lowest BCUT2D eigenvalue weighted by Crippen LogP contribution is -2.50. The van der Waals surface area contributed by atoms with Gasteiger partial charge in [-0.25, -0.2) is 4.79 Å². The molecule has 0 saturated carbocycles. The van der Waals surface area contributed by atoms with Crippen molar-refractivity contribution in [2.24, 2.45) is 0 Å². The van der Waals surface area contributed by atoms with Gasteiger partial charge in [-0.3, -0.25) is 9.59 Å². The average Bonchev–Trinajstić information content (AvgIpc) is 2.89. The van der Waals surface area contributed by atoms with Crippen molar-refractivity contribution in [1.82, 2.24) is 9.80 Å². The van der Waals surface area contributed by atoms with E-state index in [0.29, 0.717) is 30.0 Å². The van der Waals surface area contributed by atoms with Crippen molar-refractivity contribution in [2.75, 3.05) is 36.8 Å². The summed E-state index contributed by atoms with van der Waals surface area (Å²) in [6.45, 7) is -1.93. The van der Waals surface area contributed by atoms with Crippen LogP contribution in [0, 0.1) is 0 Å². The highest BCUT2D eigenvalue weighted by Crippen LogP contribution is 2.23. The van der Waals surface area contributed by atoms with Crippen LogP contribution < -0.4 is 15.4 Å². The van der Waals surface area contributed by atoms with Crippen molar-refractivity contribution in [1.29, 1.82) is 0 Å². The van der Waals surface area contributed by atoms with E-state index >= 15 is 0 Å². The predicted molar refractivity (Wildman–Crippen MR) is 130 cm³/mol. The first-order valence-electron chi connectivity index (χ1n) is 11.3. The number of hydrogen-bond donors (Lipinski definition) is 2. The van der Waals surface area contributed by atoms with E-state index in [9.17, 15) is 23.2 Å². The molecule has 1 fully saturated rings. The summed E-state index contributed by atoms with van der Waals surface area (Å²) >= 11 is 0. The maximum Gasteiger partial charge on any atom is 0.387 e. The first-order chi connectivity index (χ1) is 17.4. The number of urea groups is 1. The minimum atomic E-state index is -3.03. The van der Waals surface area contributed by atoms with Crippen molar-refractivity contribution in [3.8, 4) is 5.75 Å². The van der Waals surface area contributed by atoms with Gasteiger partial charge in [0.05, 0.1) is 5.56 Å². The molecule has 186 valence electrons. The Morgan fingerprint density at radius 1 is 0.694 bits per heavy atom. The molecule has 0 atom stereocenters. The molecule has 0 aliphatic carbocycles. The van der Waals surface area contributed by atoms with Crippen LogP contribution in [0.25, 0.3) is 0 Å². The van der Waals surface area contributed by atoms with Crippen LogP contribution in [0.3, 0.4) is 0 Å². The summed E-state index contributed by atoms with van der Waals surface area (Å²) in [6.07, 6.45) is 0. The third-order valence-electron chi connectivity index (χ3n) is 5.61. The van der Waals surface area contributed by atoms with Gasteiger partial charge in [-0.15, -0.1) is 0 Å². The maximum absolute atomic E-state index is 12.9. The third kappa shape index (κ3) is 6.15. The monoisotopic (exact) mass is 494 g/mol. The number of amides is 4. The fourth-order valence-corrected chi connectivity index (χ4v) is 3.82. The molecule has 3 aromatic carbocycles. The summed E-state index contributed by atoms with van der Waals surface area (Å²) in [4.78, 5) is 41.0. The first kappa shape index (κ1) is 24.6. The highest BCUT2D eigenvalue weighted by molar-refractivity contribution is 6.00. The van der Waals surface area contributed by atoms with E-state index in [2.05, 4.69) is 15.4 Å². The number of anilines is 2. The Labute approximate surface area is 206 Å². The maximum atomic E-state index is 12.9. The number of rotatable bonds is 6. The zero-order valence-electron chi connectivity index (χ0n) is 19.2. The van der Waals surface area contributed by atoms with Crippen molar-refractivity contribution >= 4 is 29.2 Å². The molecule has 0 radical (unpaired) electrons. The minimum absolute atomic E-state index is 0.0527. The Bertz CT molecular complexity index is 1210. The van der Waals surface area contributed by atoms with E-state index in [1.165, 1.54) is 23.1 Å². The number of piperazine rings is 1. The van der Waals surface area contributed by atoms with Crippen LogP contribution in [0.4, 0.5) is 25.0 Å². The molecule has 4 amide bonds. The van der Waals surface area contributed by atoms with Gasteiger partial charge in [-0.2, -0.15) is 8.78 Å². The van der Waals surface area contributed by atoms with Crippen LogP contribution >= 0.6 is 0 Å². The molecule has 0 spiro atoms. The lowest BCUT2D eigenvalue weighted by molar-refractivity contribution is -0.0503. The SMILES string of the molecule is O=C(Nc1ccccc1)Nc1ccc(C(=O)N2CCN(C(=O)c3ccccc3OC(F)F)CC2)cc1. The molecule has 2 N–H and O–H groups in total. The number of nitrogens with zero attached hydrogens (tertiary/aromatic N) is 2. The number of carbonyl (C=O) groups is 3. The zero-order valence-corrected chi connectivity index (χ0v) is 19.2. The van der Waals surface area contributed by atoms with Crippen molar-refractivity contribution in [2.45, 2.75) is 6.61 Å². The van der Waals surface area contributed by atoms with Gasteiger partial charge in [0.2, 0.25) is 0 Å². The molecule has 4 rings (SSSR count). The molecular formula is C26H24F2N4O4. The molecule has 3 aromatic rings. The number of hydrogen-bond acceptors (Lipinski definition) is 4. The molecule has 1 aliphatic heterocycles. The third-order valence-corrected chi connectivity index (χ3v) is 5.61. The highest BCUT2D eigenvalue weighted by Gasteiger charge is 2.27. The molecule has 1 heterocycles. The lowest BCUT2D eigenvalue weighted by atomic mass is 10.1.